The van der Waals surface area contributed by atoms with Crippen molar-refractivity contribution in [2.24, 2.45) is 10.4 Å². The van der Waals surface area contributed by atoms with Gasteiger partial charge in [-0.15, -0.1) is 60.9 Å². The minimum atomic E-state index is -1.16. The molecule has 0 aliphatic carbocycles. The predicted molar refractivity (Wildman–Crippen MR) is 82.8 cm³/mol. The predicted octanol–water partition coefficient (Wildman–Crippen LogP) is -1.62. The Morgan fingerprint density at radius 2 is 0.781 bits per heavy atom. The highest BCUT2D eigenvalue weighted by Crippen LogP contribution is 2.10. The summed E-state index contributed by atoms with van der Waals surface area (Å²) in [5, 5.41) is 58.0. The van der Waals surface area contributed by atoms with E-state index in [1.807, 2.05) is 0 Å². The summed E-state index contributed by atoms with van der Waals surface area (Å²) < 4.78 is 1.28. The van der Waals surface area contributed by atoms with E-state index in [4.69, 9.17) is 0 Å². The normalized spacial score (nSPS) is 10.6. The Morgan fingerprint density at radius 3 is 0.969 bits per heavy atom. The van der Waals surface area contributed by atoms with E-state index in [0.29, 0.717) is 9.35 Å². The van der Waals surface area contributed by atoms with Gasteiger partial charge in [0.1, 0.15) is 0 Å². The summed E-state index contributed by atoms with van der Waals surface area (Å²) in [6, 6.07) is 0. The molecule has 0 saturated carbocycles. The van der Waals surface area contributed by atoms with E-state index >= 15 is 0 Å². The minimum Gasteiger partial charge on any atom is -0.306 e. The third kappa shape index (κ3) is 6.63. The SMILES string of the molecule is O=[N+]([O-])OCc1nnc(CO[N+](=O)[O-])n1/N=N/n1c(CO[N+](=O)[O-])nnc1CO[N+](=O)[O-]. The Morgan fingerprint density at radius 1 is 0.562 bits per heavy atom. The maximum Gasteiger partial charge on any atom is 0.294 e. The molecule has 0 spiro atoms. The molecule has 172 valence electrons. The van der Waals surface area contributed by atoms with Crippen LogP contribution in [0.25, 0.3) is 0 Å². The molecule has 2 rings (SSSR count). The average Bonchev–Trinajstić information content (AvgIpc) is 3.28. The monoisotopic (exact) mass is 464 g/mol. The van der Waals surface area contributed by atoms with Crippen molar-refractivity contribution in [1.82, 2.24) is 29.7 Å². The molecule has 0 N–H and O–H groups in total. The number of nitrogens with zero attached hydrogens (tertiary/aromatic N) is 12. The van der Waals surface area contributed by atoms with Crippen LogP contribution < -0.4 is 0 Å². The summed E-state index contributed by atoms with van der Waals surface area (Å²) in [7, 11) is 0. The number of aromatic nitrogens is 6. The second-order valence-electron chi connectivity index (χ2n) is 4.86. The van der Waals surface area contributed by atoms with E-state index in [2.05, 4.69) is 50.2 Å². The number of rotatable bonds is 14. The van der Waals surface area contributed by atoms with Crippen LogP contribution in [-0.4, -0.2) is 50.1 Å². The second kappa shape index (κ2) is 10.5. The van der Waals surface area contributed by atoms with Gasteiger partial charge in [-0.25, -0.2) is 0 Å². The summed E-state index contributed by atoms with van der Waals surface area (Å²) in [6.45, 7) is -3.25. The molecule has 24 heteroatoms. The lowest BCUT2D eigenvalue weighted by atomic mass is 10.6. The zero-order valence-corrected chi connectivity index (χ0v) is 15.1. The average molecular weight is 464 g/mol. The Labute approximate surface area is 171 Å². The van der Waals surface area contributed by atoms with Crippen molar-refractivity contribution in [2.75, 3.05) is 0 Å². The van der Waals surface area contributed by atoms with E-state index < -0.39 is 46.8 Å². The van der Waals surface area contributed by atoms with Gasteiger partial charge in [0.25, 0.3) is 20.3 Å². The van der Waals surface area contributed by atoms with Crippen molar-refractivity contribution in [2.45, 2.75) is 26.4 Å². The van der Waals surface area contributed by atoms with Crippen LogP contribution in [0.15, 0.2) is 10.4 Å². The zero-order chi connectivity index (χ0) is 23.7. The van der Waals surface area contributed by atoms with Crippen molar-refractivity contribution in [3.8, 4) is 0 Å². The fourth-order valence-corrected chi connectivity index (χ4v) is 1.79. The summed E-state index contributed by atoms with van der Waals surface area (Å²) >= 11 is 0. The Kier molecular flexibility index (Phi) is 7.50. The van der Waals surface area contributed by atoms with Crippen LogP contribution in [0, 0.1) is 40.5 Å². The third-order valence-corrected chi connectivity index (χ3v) is 2.95. The van der Waals surface area contributed by atoms with Crippen molar-refractivity contribution < 1.29 is 39.7 Å². The molecule has 0 aromatic carbocycles. The molecule has 0 aliphatic rings. The first-order valence-corrected chi connectivity index (χ1v) is 7.55. The first-order valence-electron chi connectivity index (χ1n) is 7.55. The second-order valence-corrected chi connectivity index (χ2v) is 4.86. The molecule has 0 aliphatic heterocycles. The number of hydrogen-bond donors (Lipinski definition) is 0. The molecule has 0 amide bonds. The lowest BCUT2D eigenvalue weighted by Gasteiger charge is -2.04. The Hall–Kier alpha value is -5.32. The lowest BCUT2D eigenvalue weighted by Crippen LogP contribution is -2.12. The molecule has 2 aromatic heterocycles. The molecule has 0 unspecified atom stereocenters. The van der Waals surface area contributed by atoms with Crippen molar-refractivity contribution in [1.29, 1.82) is 0 Å². The highest BCUT2D eigenvalue weighted by molar-refractivity contribution is 4.95. The minimum absolute atomic E-state index is 0.369. The topological polar surface area (TPSA) is 296 Å². The fourth-order valence-electron chi connectivity index (χ4n) is 1.79. The molecule has 24 nitrogen and oxygen atoms in total. The summed E-state index contributed by atoms with van der Waals surface area (Å²) in [5.74, 6) is -1.48. The van der Waals surface area contributed by atoms with Crippen LogP contribution in [0.3, 0.4) is 0 Å². The fraction of sp³-hybridized carbons (Fsp3) is 0.500. The molecule has 0 atom stereocenters. The quantitative estimate of drug-likeness (QED) is 0.172. The Bertz CT molecular complexity index is 878. The lowest BCUT2D eigenvalue weighted by molar-refractivity contribution is -0.763. The van der Waals surface area contributed by atoms with E-state index in [-0.39, 0.29) is 23.3 Å². The van der Waals surface area contributed by atoms with Crippen LogP contribution in [-0.2, 0) is 45.8 Å². The van der Waals surface area contributed by atoms with Gasteiger partial charge in [-0.05, 0) is 10.4 Å². The smallest absolute Gasteiger partial charge is 0.294 e. The van der Waals surface area contributed by atoms with Crippen molar-refractivity contribution in [3.63, 3.8) is 0 Å². The van der Waals surface area contributed by atoms with Crippen molar-refractivity contribution in [3.05, 3.63) is 63.8 Å². The third-order valence-electron chi connectivity index (χ3n) is 2.95. The molecule has 2 heterocycles. The van der Waals surface area contributed by atoms with Gasteiger partial charge >= 0.3 is 0 Å². The summed E-state index contributed by atoms with van der Waals surface area (Å²) in [6.07, 6.45) is 0. The van der Waals surface area contributed by atoms with Gasteiger partial charge < -0.3 is 19.4 Å². The largest absolute Gasteiger partial charge is 0.306 e. The maximum atomic E-state index is 10.4. The maximum absolute atomic E-state index is 10.4. The molecule has 0 bridgehead atoms. The van der Waals surface area contributed by atoms with Gasteiger partial charge in [0.05, 0.1) is 0 Å². The molecular weight excluding hydrogens is 456 g/mol. The molecule has 32 heavy (non-hydrogen) atoms. The van der Waals surface area contributed by atoms with E-state index in [9.17, 15) is 40.5 Å². The molecular formula is C8H8N12O12. The van der Waals surface area contributed by atoms with Crippen LogP contribution in [0.4, 0.5) is 0 Å². The van der Waals surface area contributed by atoms with E-state index in [1.54, 1.807) is 0 Å². The van der Waals surface area contributed by atoms with Gasteiger partial charge in [-0.3, -0.25) is 0 Å². The zero-order valence-electron chi connectivity index (χ0n) is 15.1. The molecule has 2 aromatic rings. The van der Waals surface area contributed by atoms with E-state index in [1.165, 1.54) is 0 Å². The van der Waals surface area contributed by atoms with E-state index in [0.717, 1.165) is 0 Å². The first kappa shape index (κ1) is 23.0. The molecule has 0 radical (unpaired) electrons. The van der Waals surface area contributed by atoms with Gasteiger partial charge in [-0.2, -0.15) is 9.35 Å². The number of hydrogen-bond acceptors (Lipinski definition) is 18. The van der Waals surface area contributed by atoms with Crippen molar-refractivity contribution >= 4 is 0 Å². The summed E-state index contributed by atoms with van der Waals surface area (Å²) in [5.41, 5.74) is 0. The highest BCUT2D eigenvalue weighted by atomic mass is 17.0. The van der Waals surface area contributed by atoms with Gasteiger partial charge in [0, 0.05) is 0 Å². The standard InChI is InChI=1S/C8H8N12O12/c21-17(22)29-1-5-9-10-6(2-30-18(23)24)15(5)13-14-16-7(3-31-19(25)26)11-12-8(16)4-32-20(27)28/h1-4H2/b14-13+. The van der Waals surface area contributed by atoms with Crippen LogP contribution >= 0.6 is 0 Å². The Balaban J connectivity index is 2.39. The first-order chi connectivity index (χ1) is 15.2. The van der Waals surface area contributed by atoms with Crippen LogP contribution in [0.5, 0.6) is 0 Å². The van der Waals surface area contributed by atoms with Gasteiger partial charge in [-0.1, -0.05) is 0 Å². The van der Waals surface area contributed by atoms with Crippen LogP contribution in [0.2, 0.25) is 0 Å². The van der Waals surface area contributed by atoms with Crippen LogP contribution in [0.1, 0.15) is 23.3 Å². The highest BCUT2D eigenvalue weighted by Gasteiger charge is 2.18. The van der Waals surface area contributed by atoms with Gasteiger partial charge in [0.2, 0.25) is 0 Å². The van der Waals surface area contributed by atoms with Gasteiger partial charge in [0.15, 0.2) is 49.7 Å². The summed E-state index contributed by atoms with van der Waals surface area (Å²) in [4.78, 5) is 58.1. The molecule has 0 saturated heterocycles. The molecule has 0 fully saturated rings.